The van der Waals surface area contributed by atoms with Gasteiger partial charge in [0.2, 0.25) is 6.41 Å². The molecule has 2 aliphatic heterocycles. The quantitative estimate of drug-likeness (QED) is 0.799. The molecular formula is C15H22N2O2. The van der Waals surface area contributed by atoms with Gasteiger partial charge in [0.15, 0.2) is 0 Å². The van der Waals surface area contributed by atoms with Crippen LogP contribution in [0.25, 0.3) is 0 Å². The minimum absolute atomic E-state index is 0.107. The van der Waals surface area contributed by atoms with Gasteiger partial charge in [-0.2, -0.15) is 0 Å². The van der Waals surface area contributed by atoms with Crippen molar-refractivity contribution in [2.45, 2.75) is 31.9 Å². The molecule has 0 amide bonds. The van der Waals surface area contributed by atoms with Gasteiger partial charge in [0.25, 0.3) is 0 Å². The Bertz CT molecular complexity index is 417. The molecular weight excluding hydrogens is 240 g/mol. The van der Waals surface area contributed by atoms with Crippen molar-refractivity contribution in [2.75, 3.05) is 19.6 Å². The van der Waals surface area contributed by atoms with Gasteiger partial charge < -0.3 is 15.2 Å². The second-order valence-corrected chi connectivity index (χ2v) is 5.71. The van der Waals surface area contributed by atoms with Crippen molar-refractivity contribution in [3.05, 3.63) is 35.9 Å². The molecule has 2 fully saturated rings. The molecule has 2 aliphatic rings. The molecule has 0 aromatic heterocycles. The molecule has 1 aromatic rings. The van der Waals surface area contributed by atoms with E-state index in [9.17, 15) is 5.11 Å². The normalized spacial score (nSPS) is 32.4. The van der Waals surface area contributed by atoms with E-state index in [1.807, 2.05) is 30.3 Å². The molecule has 0 aliphatic carbocycles. The lowest BCUT2D eigenvalue weighted by atomic mass is 9.74. The first-order valence-corrected chi connectivity index (χ1v) is 7.03. The van der Waals surface area contributed by atoms with E-state index in [0.29, 0.717) is 12.5 Å². The van der Waals surface area contributed by atoms with E-state index in [1.165, 1.54) is 0 Å². The first-order chi connectivity index (χ1) is 9.22. The fourth-order valence-corrected chi connectivity index (χ4v) is 3.33. The Morgan fingerprint density at radius 3 is 2.89 bits per heavy atom. The van der Waals surface area contributed by atoms with E-state index in [2.05, 4.69) is 17.1 Å². The largest absolute Gasteiger partial charge is 0.356 e. The van der Waals surface area contributed by atoms with E-state index in [4.69, 9.17) is 4.74 Å². The van der Waals surface area contributed by atoms with Gasteiger partial charge in [0.05, 0.1) is 6.61 Å². The van der Waals surface area contributed by atoms with Crippen molar-refractivity contribution >= 4 is 0 Å². The van der Waals surface area contributed by atoms with Crippen LogP contribution in [0, 0.1) is 5.92 Å². The minimum atomic E-state index is -0.795. The van der Waals surface area contributed by atoms with Crippen molar-refractivity contribution in [2.24, 2.45) is 5.92 Å². The average Bonchev–Trinajstić information content (AvgIpc) is 2.96. The number of aliphatic hydroxyl groups is 1. The second kappa shape index (κ2) is 5.21. The first kappa shape index (κ1) is 13.1. The summed E-state index contributed by atoms with van der Waals surface area (Å²) in [6, 6.07) is 9.98. The number of nitrogens with zero attached hydrogens (tertiary/aromatic N) is 1. The van der Waals surface area contributed by atoms with Crippen molar-refractivity contribution < 1.29 is 9.84 Å². The number of benzene rings is 1. The maximum Gasteiger partial charge on any atom is 0.216 e. The molecule has 4 heteroatoms. The maximum atomic E-state index is 10.2. The van der Waals surface area contributed by atoms with Crippen molar-refractivity contribution in [3.63, 3.8) is 0 Å². The van der Waals surface area contributed by atoms with Crippen LogP contribution in [0.2, 0.25) is 0 Å². The Kier molecular flexibility index (Phi) is 3.58. The Hall–Kier alpha value is -0.940. The maximum absolute atomic E-state index is 10.2. The molecule has 1 aromatic carbocycles. The topological polar surface area (TPSA) is 44.7 Å². The lowest BCUT2D eigenvalue weighted by Gasteiger charge is -2.57. The van der Waals surface area contributed by atoms with Crippen LogP contribution in [0.1, 0.15) is 18.9 Å². The SMILES string of the molecule is C[C@H]1CN(C(O)OCc2ccccc2)[C@]12CCNC2. The highest BCUT2D eigenvalue weighted by Crippen LogP contribution is 2.42. The van der Waals surface area contributed by atoms with Crippen LogP contribution in [-0.2, 0) is 11.3 Å². The summed E-state index contributed by atoms with van der Waals surface area (Å²) < 4.78 is 5.62. The third kappa shape index (κ3) is 2.30. The summed E-state index contributed by atoms with van der Waals surface area (Å²) >= 11 is 0. The summed E-state index contributed by atoms with van der Waals surface area (Å²) in [5.41, 5.74) is 1.20. The number of nitrogens with one attached hydrogen (secondary N) is 1. The number of hydrogen-bond donors (Lipinski definition) is 2. The highest BCUT2D eigenvalue weighted by molar-refractivity contribution is 5.13. The lowest BCUT2D eigenvalue weighted by Crippen LogP contribution is -2.70. The summed E-state index contributed by atoms with van der Waals surface area (Å²) in [7, 11) is 0. The van der Waals surface area contributed by atoms with Gasteiger partial charge in [-0.05, 0) is 24.4 Å². The van der Waals surface area contributed by atoms with E-state index in [1.54, 1.807) is 0 Å². The average molecular weight is 262 g/mol. The van der Waals surface area contributed by atoms with Crippen LogP contribution in [0.5, 0.6) is 0 Å². The zero-order valence-electron chi connectivity index (χ0n) is 11.4. The number of aliphatic hydroxyl groups excluding tert-OH is 1. The van der Waals surface area contributed by atoms with Gasteiger partial charge in [-0.25, -0.2) is 4.90 Å². The predicted molar refractivity (Wildman–Crippen MR) is 73.3 cm³/mol. The summed E-state index contributed by atoms with van der Waals surface area (Å²) in [6.07, 6.45) is 0.302. The number of ether oxygens (including phenoxy) is 1. The monoisotopic (exact) mass is 262 g/mol. The Morgan fingerprint density at radius 2 is 2.26 bits per heavy atom. The van der Waals surface area contributed by atoms with E-state index in [0.717, 1.165) is 31.6 Å². The molecule has 19 heavy (non-hydrogen) atoms. The molecule has 0 saturated carbocycles. The Labute approximate surface area is 114 Å². The van der Waals surface area contributed by atoms with Crippen LogP contribution in [-0.4, -0.2) is 41.6 Å². The van der Waals surface area contributed by atoms with Gasteiger partial charge >= 0.3 is 0 Å². The smallest absolute Gasteiger partial charge is 0.216 e. The van der Waals surface area contributed by atoms with Gasteiger partial charge in [-0.1, -0.05) is 37.3 Å². The van der Waals surface area contributed by atoms with E-state index >= 15 is 0 Å². The lowest BCUT2D eigenvalue weighted by molar-refractivity contribution is -0.273. The van der Waals surface area contributed by atoms with Gasteiger partial charge in [0, 0.05) is 18.6 Å². The van der Waals surface area contributed by atoms with Gasteiger partial charge in [0.1, 0.15) is 0 Å². The fraction of sp³-hybridized carbons (Fsp3) is 0.600. The van der Waals surface area contributed by atoms with Crippen LogP contribution < -0.4 is 5.32 Å². The molecule has 2 saturated heterocycles. The molecule has 2 N–H and O–H groups in total. The minimum Gasteiger partial charge on any atom is -0.356 e. The Balaban J connectivity index is 1.58. The zero-order valence-corrected chi connectivity index (χ0v) is 11.4. The predicted octanol–water partition coefficient (Wildman–Crippen LogP) is 1.16. The standard InChI is InChI=1S/C15H22N2O2/c1-12-9-17(15(12)7-8-16-11-15)14(18)19-10-13-5-3-2-4-6-13/h2-6,12,14,16,18H,7-11H2,1H3/t12-,14?,15-/m0/s1. The number of rotatable bonds is 4. The molecule has 0 bridgehead atoms. The highest BCUT2D eigenvalue weighted by Gasteiger charge is 2.54. The second-order valence-electron chi connectivity index (χ2n) is 5.71. The summed E-state index contributed by atoms with van der Waals surface area (Å²) in [6.45, 7) is 5.62. The summed E-state index contributed by atoms with van der Waals surface area (Å²) in [5.74, 6) is 0.623. The van der Waals surface area contributed by atoms with Crippen molar-refractivity contribution in [1.82, 2.24) is 10.2 Å². The fourth-order valence-electron chi connectivity index (χ4n) is 3.33. The van der Waals surface area contributed by atoms with Gasteiger partial charge in [-0.15, -0.1) is 0 Å². The van der Waals surface area contributed by atoms with Crippen LogP contribution in [0.4, 0.5) is 0 Å². The van der Waals surface area contributed by atoms with E-state index < -0.39 is 6.41 Å². The molecule has 0 radical (unpaired) electrons. The van der Waals surface area contributed by atoms with Crippen LogP contribution in [0.3, 0.4) is 0 Å². The van der Waals surface area contributed by atoms with Gasteiger partial charge in [-0.3, -0.25) is 0 Å². The molecule has 3 rings (SSSR count). The van der Waals surface area contributed by atoms with Crippen LogP contribution in [0.15, 0.2) is 30.3 Å². The third-order valence-electron chi connectivity index (χ3n) is 4.63. The Morgan fingerprint density at radius 1 is 1.47 bits per heavy atom. The third-order valence-corrected chi connectivity index (χ3v) is 4.63. The number of likely N-dealkylation sites (tertiary alicyclic amines) is 1. The molecule has 3 atom stereocenters. The van der Waals surface area contributed by atoms with Crippen LogP contribution >= 0.6 is 0 Å². The molecule has 1 unspecified atom stereocenters. The first-order valence-electron chi connectivity index (χ1n) is 7.03. The van der Waals surface area contributed by atoms with E-state index in [-0.39, 0.29) is 5.54 Å². The molecule has 2 heterocycles. The molecule has 104 valence electrons. The van der Waals surface area contributed by atoms with Crippen molar-refractivity contribution in [3.8, 4) is 0 Å². The number of hydrogen-bond acceptors (Lipinski definition) is 4. The van der Waals surface area contributed by atoms with Crippen molar-refractivity contribution in [1.29, 1.82) is 0 Å². The highest BCUT2D eigenvalue weighted by atomic mass is 16.6. The molecule has 4 nitrogen and oxygen atoms in total. The summed E-state index contributed by atoms with van der Waals surface area (Å²) in [4.78, 5) is 2.10. The summed E-state index contributed by atoms with van der Waals surface area (Å²) in [5, 5.41) is 13.6. The molecule has 1 spiro atoms. The zero-order chi connectivity index (χ0) is 13.3.